The lowest BCUT2D eigenvalue weighted by Crippen LogP contribution is -2.33. The summed E-state index contributed by atoms with van der Waals surface area (Å²) < 4.78 is 3.59. The molecule has 3 heterocycles. The first-order valence-electron chi connectivity index (χ1n) is 9.38. The SMILES string of the molecule is CSCC[C@H](NC(=O)Cn1ccc2c([N+](=O)[O-])cccc21)c1nnc2ccccn12. The van der Waals surface area contributed by atoms with Gasteiger partial charge in [-0.1, -0.05) is 12.1 Å². The summed E-state index contributed by atoms with van der Waals surface area (Å²) in [4.78, 5) is 23.7. The van der Waals surface area contributed by atoms with Crippen LogP contribution in [-0.2, 0) is 11.3 Å². The van der Waals surface area contributed by atoms with Crippen LogP contribution in [-0.4, -0.2) is 42.0 Å². The average Bonchev–Trinajstić information content (AvgIpc) is 3.35. The number of rotatable bonds is 8. The summed E-state index contributed by atoms with van der Waals surface area (Å²) >= 11 is 1.69. The quantitative estimate of drug-likeness (QED) is 0.344. The summed E-state index contributed by atoms with van der Waals surface area (Å²) in [6.07, 6.45) is 6.29. The lowest BCUT2D eigenvalue weighted by atomic mass is 10.2. The van der Waals surface area contributed by atoms with Crippen molar-refractivity contribution in [3.05, 3.63) is 70.8 Å². The highest BCUT2D eigenvalue weighted by molar-refractivity contribution is 7.98. The Kier molecular flexibility index (Phi) is 5.66. The molecule has 4 rings (SSSR count). The maximum Gasteiger partial charge on any atom is 0.278 e. The standard InChI is InChI=1S/C20H20N6O3S/c1-30-12-9-15(20-23-22-18-7-2-3-10-25(18)20)21-19(27)13-24-11-8-14-16(24)5-4-6-17(14)26(28)29/h2-8,10-11,15H,9,12-13H2,1H3,(H,21,27)/t15-/m0/s1. The summed E-state index contributed by atoms with van der Waals surface area (Å²) in [7, 11) is 0. The van der Waals surface area contributed by atoms with Crippen molar-refractivity contribution >= 4 is 39.9 Å². The molecule has 0 bridgehead atoms. The van der Waals surface area contributed by atoms with Gasteiger partial charge in [0.05, 0.1) is 21.9 Å². The summed E-state index contributed by atoms with van der Waals surface area (Å²) in [6, 6.07) is 11.9. The topological polar surface area (TPSA) is 107 Å². The minimum atomic E-state index is -0.415. The minimum absolute atomic E-state index is 0.0273. The van der Waals surface area contributed by atoms with Crippen LogP contribution in [0.4, 0.5) is 5.69 Å². The molecule has 1 amide bonds. The van der Waals surface area contributed by atoms with Crippen molar-refractivity contribution in [2.75, 3.05) is 12.0 Å². The van der Waals surface area contributed by atoms with Gasteiger partial charge in [0.15, 0.2) is 11.5 Å². The third-order valence-corrected chi connectivity index (χ3v) is 5.54. The molecule has 3 aromatic heterocycles. The Bertz CT molecular complexity index is 1220. The Balaban J connectivity index is 1.57. The van der Waals surface area contributed by atoms with Crippen molar-refractivity contribution in [3.8, 4) is 0 Å². The van der Waals surface area contributed by atoms with E-state index in [4.69, 9.17) is 0 Å². The fourth-order valence-corrected chi connectivity index (χ4v) is 3.97. The van der Waals surface area contributed by atoms with E-state index in [2.05, 4.69) is 15.5 Å². The fourth-order valence-electron chi connectivity index (χ4n) is 3.50. The van der Waals surface area contributed by atoms with Gasteiger partial charge < -0.3 is 9.88 Å². The van der Waals surface area contributed by atoms with Gasteiger partial charge in [-0.05, 0) is 42.7 Å². The number of fused-ring (bicyclic) bond motifs is 2. The van der Waals surface area contributed by atoms with Gasteiger partial charge in [0.1, 0.15) is 6.54 Å². The van der Waals surface area contributed by atoms with Crippen LogP contribution in [0.5, 0.6) is 0 Å². The molecule has 0 spiro atoms. The molecule has 154 valence electrons. The zero-order chi connectivity index (χ0) is 21.1. The van der Waals surface area contributed by atoms with Gasteiger partial charge in [0.2, 0.25) is 5.91 Å². The van der Waals surface area contributed by atoms with Crippen LogP contribution >= 0.6 is 11.8 Å². The molecule has 1 N–H and O–H groups in total. The molecule has 0 aliphatic heterocycles. The van der Waals surface area contributed by atoms with E-state index in [1.165, 1.54) is 6.07 Å². The Labute approximate surface area is 176 Å². The van der Waals surface area contributed by atoms with Crippen LogP contribution in [0, 0.1) is 10.1 Å². The van der Waals surface area contributed by atoms with Gasteiger partial charge in [-0.25, -0.2) is 0 Å². The highest BCUT2D eigenvalue weighted by atomic mass is 32.2. The number of hydrogen-bond donors (Lipinski definition) is 1. The number of nitro groups is 1. The molecular formula is C20H20N6O3S. The highest BCUT2D eigenvalue weighted by Crippen LogP contribution is 2.26. The lowest BCUT2D eigenvalue weighted by molar-refractivity contribution is -0.383. The van der Waals surface area contributed by atoms with Crippen LogP contribution in [0.2, 0.25) is 0 Å². The molecule has 0 radical (unpaired) electrons. The van der Waals surface area contributed by atoms with Crippen LogP contribution in [0.25, 0.3) is 16.6 Å². The van der Waals surface area contributed by atoms with Gasteiger partial charge in [0, 0.05) is 18.5 Å². The van der Waals surface area contributed by atoms with E-state index >= 15 is 0 Å². The van der Waals surface area contributed by atoms with Crippen molar-refractivity contribution in [2.45, 2.75) is 19.0 Å². The van der Waals surface area contributed by atoms with E-state index in [9.17, 15) is 14.9 Å². The van der Waals surface area contributed by atoms with E-state index in [0.29, 0.717) is 23.1 Å². The molecule has 10 heteroatoms. The van der Waals surface area contributed by atoms with Crippen LogP contribution < -0.4 is 5.32 Å². The third kappa shape index (κ3) is 3.86. The van der Waals surface area contributed by atoms with Crippen molar-refractivity contribution in [3.63, 3.8) is 0 Å². The zero-order valence-corrected chi connectivity index (χ0v) is 17.1. The van der Waals surface area contributed by atoms with Crippen molar-refractivity contribution in [2.24, 2.45) is 0 Å². The van der Waals surface area contributed by atoms with E-state index in [0.717, 1.165) is 11.4 Å². The van der Waals surface area contributed by atoms with Crippen LogP contribution in [0.3, 0.4) is 0 Å². The summed E-state index contributed by atoms with van der Waals surface area (Å²) in [5.41, 5.74) is 1.40. The monoisotopic (exact) mass is 424 g/mol. The van der Waals surface area contributed by atoms with Gasteiger partial charge in [-0.3, -0.25) is 19.3 Å². The summed E-state index contributed by atoms with van der Waals surface area (Å²) in [6.45, 7) is 0.0527. The van der Waals surface area contributed by atoms with Crippen molar-refractivity contribution in [1.82, 2.24) is 24.5 Å². The predicted molar refractivity (Wildman–Crippen MR) is 115 cm³/mol. The largest absolute Gasteiger partial charge is 0.344 e. The number of non-ortho nitro benzene ring substituents is 1. The Hall–Kier alpha value is -3.40. The van der Waals surface area contributed by atoms with E-state index in [1.54, 1.807) is 40.7 Å². The van der Waals surface area contributed by atoms with Gasteiger partial charge in [0.25, 0.3) is 5.69 Å². The number of aromatic nitrogens is 4. The van der Waals surface area contributed by atoms with Crippen LogP contribution in [0.15, 0.2) is 54.9 Å². The fraction of sp³-hybridized carbons (Fsp3) is 0.250. The molecule has 9 nitrogen and oxygen atoms in total. The van der Waals surface area contributed by atoms with Gasteiger partial charge in [-0.15, -0.1) is 10.2 Å². The molecule has 4 aromatic rings. The van der Waals surface area contributed by atoms with Crippen LogP contribution in [0.1, 0.15) is 18.3 Å². The lowest BCUT2D eigenvalue weighted by Gasteiger charge is -2.17. The van der Waals surface area contributed by atoms with Gasteiger partial charge in [-0.2, -0.15) is 11.8 Å². The molecule has 0 fully saturated rings. The zero-order valence-electron chi connectivity index (χ0n) is 16.3. The third-order valence-electron chi connectivity index (χ3n) is 4.90. The van der Waals surface area contributed by atoms with Gasteiger partial charge >= 0.3 is 0 Å². The van der Waals surface area contributed by atoms with Crippen molar-refractivity contribution < 1.29 is 9.72 Å². The molecule has 0 saturated carbocycles. The first-order chi connectivity index (χ1) is 14.6. The molecule has 0 unspecified atom stereocenters. The van der Waals surface area contributed by atoms with Crippen molar-refractivity contribution in [1.29, 1.82) is 0 Å². The second-order valence-corrected chi connectivity index (χ2v) is 7.78. The Morgan fingerprint density at radius 1 is 1.20 bits per heavy atom. The molecule has 0 saturated heterocycles. The maximum absolute atomic E-state index is 12.8. The molecule has 30 heavy (non-hydrogen) atoms. The smallest absolute Gasteiger partial charge is 0.278 e. The number of nitrogens with one attached hydrogen (secondary N) is 1. The molecular weight excluding hydrogens is 404 g/mol. The first kappa shape index (κ1) is 19.9. The summed E-state index contributed by atoms with van der Waals surface area (Å²) in [5.74, 6) is 1.34. The second kappa shape index (κ2) is 8.54. The predicted octanol–water partition coefficient (Wildman–Crippen LogP) is 3.20. The number of thioether (sulfide) groups is 1. The Morgan fingerprint density at radius 2 is 2.07 bits per heavy atom. The number of carbonyl (C=O) groups excluding carboxylic acids is 1. The van der Waals surface area contributed by atoms with E-state index in [1.807, 2.05) is 35.1 Å². The molecule has 0 aliphatic rings. The normalized spacial score (nSPS) is 12.3. The second-order valence-electron chi connectivity index (χ2n) is 6.80. The molecule has 1 atom stereocenters. The maximum atomic E-state index is 12.8. The van der Waals surface area contributed by atoms with E-state index < -0.39 is 4.92 Å². The average molecular weight is 424 g/mol. The number of benzene rings is 1. The molecule has 0 aliphatic carbocycles. The minimum Gasteiger partial charge on any atom is -0.344 e. The Morgan fingerprint density at radius 3 is 2.87 bits per heavy atom. The number of pyridine rings is 1. The molecule has 1 aromatic carbocycles. The highest BCUT2D eigenvalue weighted by Gasteiger charge is 2.21. The van der Waals surface area contributed by atoms with E-state index in [-0.39, 0.29) is 24.2 Å². The number of nitro benzene ring substituents is 1. The summed E-state index contributed by atoms with van der Waals surface area (Å²) in [5, 5.41) is 23.3. The number of carbonyl (C=O) groups is 1. The first-order valence-corrected chi connectivity index (χ1v) is 10.8. The number of amides is 1. The number of nitrogens with zero attached hydrogens (tertiary/aromatic N) is 5. The number of hydrogen-bond acceptors (Lipinski definition) is 6.